The second-order valence-electron chi connectivity index (χ2n) is 1.99. The highest BCUT2D eigenvalue weighted by molar-refractivity contribution is 5.43. The molecule has 0 aliphatic rings. The Balaban J connectivity index is 2.88. The zero-order chi connectivity index (χ0) is 8.97. The molecule has 0 fully saturated rings. The summed E-state index contributed by atoms with van der Waals surface area (Å²) in [5.41, 5.74) is 0.255. The zero-order valence-electron chi connectivity index (χ0n) is 6.04. The largest absolute Gasteiger partial charge is 0.358 e. The van der Waals surface area contributed by atoms with Gasteiger partial charge in [0.2, 0.25) is 0 Å². The van der Waals surface area contributed by atoms with Gasteiger partial charge in [-0.1, -0.05) is 23.2 Å². The molecule has 5 nitrogen and oxygen atoms in total. The molecule has 0 saturated heterocycles. The number of hydrogen-bond donors (Lipinski definition) is 1. The first-order valence-corrected chi connectivity index (χ1v) is 3.15. The molecule has 0 spiro atoms. The summed E-state index contributed by atoms with van der Waals surface area (Å²) in [5, 5.41) is 18.3. The fraction of sp³-hybridized carbons (Fsp3) is 0. The minimum Gasteiger partial charge on any atom is -0.358 e. The van der Waals surface area contributed by atoms with Gasteiger partial charge in [0.1, 0.15) is 5.69 Å². The van der Waals surface area contributed by atoms with Crippen LogP contribution in [0, 0.1) is 16.8 Å². The van der Waals surface area contributed by atoms with E-state index in [0.29, 0.717) is 5.01 Å². The minimum atomic E-state index is -0.769. The van der Waals surface area contributed by atoms with Gasteiger partial charge in [-0.3, -0.25) is 0 Å². The fourth-order valence-corrected chi connectivity index (χ4v) is 0.758. The first-order chi connectivity index (χ1) is 5.75. The summed E-state index contributed by atoms with van der Waals surface area (Å²) in [4.78, 5) is 10.2. The number of anilines is 1. The Bertz CT molecular complexity index is 263. The Morgan fingerprint density at radius 1 is 1.42 bits per heavy atom. The molecule has 62 valence electrons. The van der Waals surface area contributed by atoms with Crippen LogP contribution in [0.2, 0.25) is 0 Å². The molecule has 0 bridgehead atoms. The highest BCUT2D eigenvalue weighted by Crippen LogP contribution is 2.12. The number of hydrogen-bond acceptors (Lipinski definition) is 3. The van der Waals surface area contributed by atoms with Crippen molar-refractivity contribution in [1.29, 1.82) is 0 Å². The van der Waals surface area contributed by atoms with Gasteiger partial charge in [0.15, 0.2) is 5.03 Å². The SMILES string of the molecule is O=[N+]([O-])N([C]O)c1ccccc1. The average molecular weight is 166 g/mol. The summed E-state index contributed by atoms with van der Waals surface area (Å²) >= 11 is 0. The lowest BCUT2D eigenvalue weighted by atomic mass is 10.3. The summed E-state index contributed by atoms with van der Waals surface area (Å²) in [5.74, 6) is 0. The molecule has 1 aromatic carbocycles. The number of hydrazine groups is 1. The zero-order valence-corrected chi connectivity index (χ0v) is 6.04. The molecule has 5 heteroatoms. The van der Waals surface area contributed by atoms with Crippen molar-refractivity contribution in [2.75, 3.05) is 5.01 Å². The van der Waals surface area contributed by atoms with Crippen LogP contribution in [0.15, 0.2) is 30.3 Å². The van der Waals surface area contributed by atoms with Crippen molar-refractivity contribution < 1.29 is 10.1 Å². The number of benzene rings is 1. The summed E-state index contributed by atoms with van der Waals surface area (Å²) in [6.45, 7) is 1.45. The van der Waals surface area contributed by atoms with Gasteiger partial charge in [0.25, 0.3) is 0 Å². The van der Waals surface area contributed by atoms with Crippen molar-refractivity contribution in [3.8, 4) is 0 Å². The second kappa shape index (κ2) is 3.68. The molecule has 2 radical (unpaired) electrons. The molecular formula is C7H6N2O3. The maximum absolute atomic E-state index is 10.2. The van der Waals surface area contributed by atoms with Gasteiger partial charge >= 0.3 is 6.73 Å². The van der Waals surface area contributed by atoms with Crippen LogP contribution in [0.4, 0.5) is 5.69 Å². The van der Waals surface area contributed by atoms with E-state index in [0.717, 1.165) is 0 Å². The predicted octanol–water partition coefficient (Wildman–Crippen LogP) is 1.05. The number of nitro groups is 1. The molecule has 0 heterocycles. The van der Waals surface area contributed by atoms with Crippen LogP contribution in [-0.4, -0.2) is 10.1 Å². The number of nitrogens with zero attached hydrogens (tertiary/aromatic N) is 2. The van der Waals surface area contributed by atoms with Crippen LogP contribution in [0.1, 0.15) is 0 Å². The lowest BCUT2D eigenvalue weighted by molar-refractivity contribution is -0.493. The van der Waals surface area contributed by atoms with Gasteiger partial charge in [0.05, 0.1) is 0 Å². The first kappa shape index (κ1) is 8.48. The smallest absolute Gasteiger partial charge is 0.319 e. The average Bonchev–Trinajstić information content (AvgIpc) is 2.07. The topological polar surface area (TPSA) is 66.6 Å². The van der Waals surface area contributed by atoms with E-state index in [1.807, 2.05) is 0 Å². The summed E-state index contributed by atoms with van der Waals surface area (Å²) in [6, 6.07) is 7.96. The van der Waals surface area contributed by atoms with Crippen LogP contribution in [0.5, 0.6) is 0 Å². The van der Waals surface area contributed by atoms with Gasteiger partial charge in [-0.05, 0) is 12.1 Å². The van der Waals surface area contributed by atoms with Crippen molar-refractivity contribution in [1.82, 2.24) is 0 Å². The Morgan fingerprint density at radius 2 is 2.00 bits per heavy atom. The normalized spacial score (nSPS) is 9.42. The Kier molecular flexibility index (Phi) is 2.60. The number of aliphatic hydroxyl groups excluding tert-OH is 1. The third-order valence-corrected chi connectivity index (χ3v) is 1.26. The third-order valence-electron chi connectivity index (χ3n) is 1.26. The van der Waals surface area contributed by atoms with Crippen molar-refractivity contribution >= 4 is 5.69 Å². The molecule has 1 N–H and O–H groups in total. The fourth-order valence-electron chi connectivity index (χ4n) is 0.758. The van der Waals surface area contributed by atoms with Gasteiger partial charge < -0.3 is 5.11 Å². The molecule has 1 rings (SSSR count). The van der Waals surface area contributed by atoms with Gasteiger partial charge in [0, 0.05) is 0 Å². The van der Waals surface area contributed by atoms with Crippen LogP contribution in [0.25, 0.3) is 0 Å². The lowest BCUT2D eigenvalue weighted by Gasteiger charge is -2.07. The summed E-state index contributed by atoms with van der Waals surface area (Å²) in [7, 11) is 0. The Hall–Kier alpha value is -1.62. The second-order valence-corrected chi connectivity index (χ2v) is 1.99. The molecule has 0 atom stereocenters. The van der Waals surface area contributed by atoms with Gasteiger partial charge in [-0.15, -0.1) is 0 Å². The molecule has 12 heavy (non-hydrogen) atoms. The molecular weight excluding hydrogens is 160 g/mol. The minimum absolute atomic E-state index is 0.255. The molecule has 0 aromatic heterocycles. The molecule has 0 aliphatic carbocycles. The molecule has 0 amide bonds. The van der Waals surface area contributed by atoms with Crippen molar-refractivity contribution in [2.45, 2.75) is 0 Å². The van der Waals surface area contributed by atoms with E-state index < -0.39 is 5.03 Å². The maximum Gasteiger partial charge on any atom is 0.319 e. The lowest BCUT2D eigenvalue weighted by Crippen LogP contribution is -2.26. The number of rotatable bonds is 3. The van der Waals surface area contributed by atoms with Gasteiger partial charge in [-0.25, -0.2) is 10.1 Å². The van der Waals surface area contributed by atoms with Crippen molar-refractivity contribution in [3.05, 3.63) is 47.2 Å². The highest BCUT2D eigenvalue weighted by Gasteiger charge is 2.16. The van der Waals surface area contributed by atoms with Crippen molar-refractivity contribution in [3.63, 3.8) is 0 Å². The predicted molar refractivity (Wildman–Crippen MR) is 41.1 cm³/mol. The Labute approximate surface area is 69.0 Å². The first-order valence-electron chi connectivity index (χ1n) is 3.15. The van der Waals surface area contributed by atoms with Crippen molar-refractivity contribution in [2.24, 2.45) is 0 Å². The van der Waals surface area contributed by atoms with Crippen LogP contribution in [-0.2, 0) is 0 Å². The number of aliphatic hydroxyl groups is 1. The van der Waals surface area contributed by atoms with E-state index in [1.165, 1.54) is 18.9 Å². The van der Waals surface area contributed by atoms with E-state index in [1.54, 1.807) is 18.2 Å². The number of para-hydroxylation sites is 1. The van der Waals surface area contributed by atoms with E-state index in [4.69, 9.17) is 5.11 Å². The van der Waals surface area contributed by atoms with Crippen LogP contribution < -0.4 is 5.01 Å². The summed E-state index contributed by atoms with van der Waals surface area (Å²) < 4.78 is 0. The molecule has 0 saturated carbocycles. The standard InChI is InChI=1S/C7H6N2O3/c10-6-8(9(11)12)7-4-2-1-3-5-7/h1-5,10H. The maximum atomic E-state index is 10.2. The summed E-state index contributed by atoms with van der Waals surface area (Å²) in [6.07, 6.45) is 0. The van der Waals surface area contributed by atoms with Crippen LogP contribution >= 0.6 is 0 Å². The molecule has 0 aliphatic heterocycles. The van der Waals surface area contributed by atoms with E-state index >= 15 is 0 Å². The van der Waals surface area contributed by atoms with E-state index in [9.17, 15) is 10.1 Å². The van der Waals surface area contributed by atoms with Gasteiger partial charge in [-0.2, -0.15) is 0 Å². The highest BCUT2D eigenvalue weighted by atomic mass is 16.7. The van der Waals surface area contributed by atoms with E-state index in [2.05, 4.69) is 0 Å². The molecule has 1 aromatic rings. The quantitative estimate of drug-likeness (QED) is 0.414. The molecule has 0 unspecified atom stereocenters. The Morgan fingerprint density at radius 3 is 2.42 bits per heavy atom. The monoisotopic (exact) mass is 166 g/mol. The van der Waals surface area contributed by atoms with Crippen LogP contribution in [0.3, 0.4) is 0 Å². The van der Waals surface area contributed by atoms with E-state index in [-0.39, 0.29) is 5.69 Å². The third kappa shape index (κ3) is 1.70.